The second-order valence-corrected chi connectivity index (χ2v) is 7.92. The number of benzene rings is 2. The number of nitrogens with zero attached hydrogens (tertiary/aromatic N) is 3. The van der Waals surface area contributed by atoms with Crippen LogP contribution in [0.15, 0.2) is 36.4 Å². The van der Waals surface area contributed by atoms with Crippen LogP contribution in [0.4, 0.5) is 24.5 Å². The van der Waals surface area contributed by atoms with Gasteiger partial charge in [0, 0.05) is 30.4 Å². The smallest absolute Gasteiger partial charge is 0.276 e. The molecule has 3 aromatic rings. The molecule has 1 aliphatic carbocycles. The van der Waals surface area contributed by atoms with Gasteiger partial charge >= 0.3 is 0 Å². The molecule has 1 fully saturated rings. The van der Waals surface area contributed by atoms with Gasteiger partial charge in [0.25, 0.3) is 5.91 Å². The number of carbonyl (C=O) groups is 1. The van der Waals surface area contributed by atoms with Gasteiger partial charge in [-0.05, 0) is 56.4 Å². The van der Waals surface area contributed by atoms with Crippen molar-refractivity contribution in [2.24, 2.45) is 0 Å². The highest BCUT2D eigenvalue weighted by Gasteiger charge is 2.29. The van der Waals surface area contributed by atoms with Gasteiger partial charge in [-0.2, -0.15) is 5.10 Å². The molecule has 5 rings (SSSR count). The van der Waals surface area contributed by atoms with Crippen LogP contribution < -0.4 is 10.2 Å². The van der Waals surface area contributed by atoms with Crippen molar-refractivity contribution < 1.29 is 18.0 Å². The molecule has 8 heteroatoms. The number of hydrogen-bond donors (Lipinski definition) is 1. The lowest BCUT2D eigenvalue weighted by Crippen LogP contribution is -2.22. The second kappa shape index (κ2) is 7.76. The fourth-order valence-corrected chi connectivity index (χ4v) is 4.48. The molecule has 2 aromatic carbocycles. The quantitative estimate of drug-likeness (QED) is 0.662. The summed E-state index contributed by atoms with van der Waals surface area (Å²) in [5.41, 5.74) is 2.89. The van der Waals surface area contributed by atoms with Gasteiger partial charge in [0.05, 0.1) is 11.4 Å². The third-order valence-corrected chi connectivity index (χ3v) is 5.97. The average Bonchev–Trinajstić information content (AvgIpc) is 3.49. The largest absolute Gasteiger partial charge is 0.370 e. The van der Waals surface area contributed by atoms with Crippen molar-refractivity contribution >= 4 is 17.3 Å². The summed E-state index contributed by atoms with van der Waals surface area (Å²) in [6, 6.07) is 8.27. The van der Waals surface area contributed by atoms with E-state index in [4.69, 9.17) is 0 Å². The first-order chi connectivity index (χ1) is 15.0. The molecule has 31 heavy (non-hydrogen) atoms. The van der Waals surface area contributed by atoms with Gasteiger partial charge in [0.2, 0.25) is 0 Å². The van der Waals surface area contributed by atoms with Crippen molar-refractivity contribution in [2.75, 3.05) is 23.3 Å². The highest BCUT2D eigenvalue weighted by Crippen LogP contribution is 2.33. The fourth-order valence-electron chi connectivity index (χ4n) is 4.48. The van der Waals surface area contributed by atoms with Crippen molar-refractivity contribution in [1.82, 2.24) is 9.78 Å². The van der Waals surface area contributed by atoms with E-state index in [1.54, 1.807) is 12.1 Å². The van der Waals surface area contributed by atoms with Crippen molar-refractivity contribution in [1.29, 1.82) is 0 Å². The Kier molecular flexibility index (Phi) is 4.92. The highest BCUT2D eigenvalue weighted by atomic mass is 19.2. The Morgan fingerprint density at radius 1 is 0.935 bits per heavy atom. The van der Waals surface area contributed by atoms with Gasteiger partial charge in [-0.3, -0.25) is 4.79 Å². The van der Waals surface area contributed by atoms with Crippen LogP contribution in [0.5, 0.6) is 0 Å². The second-order valence-electron chi connectivity index (χ2n) is 7.92. The minimum atomic E-state index is -0.979. The van der Waals surface area contributed by atoms with E-state index in [1.165, 1.54) is 16.8 Å². The van der Waals surface area contributed by atoms with Crippen molar-refractivity contribution in [3.8, 4) is 5.69 Å². The first-order valence-electron chi connectivity index (χ1n) is 10.4. The molecule has 1 amide bonds. The van der Waals surface area contributed by atoms with Gasteiger partial charge < -0.3 is 10.2 Å². The lowest BCUT2D eigenvalue weighted by molar-refractivity contribution is 0.102. The van der Waals surface area contributed by atoms with Crippen molar-refractivity contribution in [2.45, 2.75) is 32.1 Å². The molecule has 2 heterocycles. The average molecular weight is 426 g/mol. The molecular formula is C23H21F3N4O. The van der Waals surface area contributed by atoms with Crippen LogP contribution in [0, 0.1) is 17.5 Å². The van der Waals surface area contributed by atoms with Crippen LogP contribution in [0.3, 0.4) is 0 Å². The third kappa shape index (κ3) is 3.45. The van der Waals surface area contributed by atoms with E-state index >= 15 is 0 Å². The predicted molar refractivity (Wildman–Crippen MR) is 111 cm³/mol. The van der Waals surface area contributed by atoms with Gasteiger partial charge in [0.1, 0.15) is 11.5 Å². The molecule has 0 saturated carbocycles. The van der Waals surface area contributed by atoms with Gasteiger partial charge in [-0.1, -0.05) is 6.07 Å². The highest BCUT2D eigenvalue weighted by molar-refractivity contribution is 6.06. The Morgan fingerprint density at radius 3 is 2.52 bits per heavy atom. The number of aromatic nitrogens is 2. The summed E-state index contributed by atoms with van der Waals surface area (Å²) < 4.78 is 43.3. The van der Waals surface area contributed by atoms with E-state index in [9.17, 15) is 18.0 Å². The summed E-state index contributed by atoms with van der Waals surface area (Å²) in [6.07, 6.45) is 4.20. The molecule has 0 atom stereocenters. The molecule has 1 aliphatic heterocycles. The number of nitrogens with one attached hydrogen (secondary N) is 1. The summed E-state index contributed by atoms with van der Waals surface area (Å²) in [6.45, 7) is 1.62. The van der Waals surface area contributed by atoms with Crippen molar-refractivity contribution in [3.63, 3.8) is 0 Å². The normalized spacial score (nSPS) is 15.4. The zero-order valence-electron chi connectivity index (χ0n) is 16.8. The number of halogens is 3. The van der Waals surface area contributed by atoms with Crippen molar-refractivity contribution in [3.05, 3.63) is 70.8 Å². The van der Waals surface area contributed by atoms with Crippen LogP contribution in [0.25, 0.3) is 5.69 Å². The Bertz CT molecular complexity index is 1170. The number of rotatable bonds is 4. The number of hydrogen-bond acceptors (Lipinski definition) is 3. The topological polar surface area (TPSA) is 50.2 Å². The number of amides is 1. The number of carbonyl (C=O) groups excluding carboxylic acids is 1. The Balaban J connectivity index is 1.51. The van der Waals surface area contributed by atoms with E-state index in [0.29, 0.717) is 24.2 Å². The molecule has 0 radical (unpaired) electrons. The van der Waals surface area contributed by atoms with E-state index in [2.05, 4.69) is 15.3 Å². The van der Waals surface area contributed by atoms with Crippen LogP contribution in [-0.4, -0.2) is 28.8 Å². The SMILES string of the molecule is O=C(Nc1c(F)cccc1N1CCCC1)c1nn(-c2ccc(F)c(F)c2)c2c1CCC2. The Morgan fingerprint density at radius 2 is 1.74 bits per heavy atom. The summed E-state index contributed by atoms with van der Waals surface area (Å²) in [5.74, 6) is -2.94. The maximum Gasteiger partial charge on any atom is 0.276 e. The summed E-state index contributed by atoms with van der Waals surface area (Å²) in [4.78, 5) is 15.2. The molecule has 1 N–H and O–H groups in total. The van der Waals surface area contributed by atoms with E-state index in [1.807, 2.05) is 0 Å². The van der Waals surface area contributed by atoms with E-state index < -0.39 is 23.4 Å². The molecule has 0 spiro atoms. The molecule has 0 bridgehead atoms. The summed E-state index contributed by atoms with van der Waals surface area (Å²) >= 11 is 0. The predicted octanol–water partition coefficient (Wildman–Crippen LogP) is 4.63. The minimum Gasteiger partial charge on any atom is -0.370 e. The Labute approximate surface area is 177 Å². The van der Waals surface area contributed by atoms with Gasteiger partial charge in [0.15, 0.2) is 17.3 Å². The van der Waals surface area contributed by atoms with Crippen LogP contribution in [0.1, 0.15) is 41.0 Å². The summed E-state index contributed by atoms with van der Waals surface area (Å²) in [5, 5.41) is 7.13. The number of para-hydroxylation sites is 1. The lowest BCUT2D eigenvalue weighted by atomic mass is 10.1. The summed E-state index contributed by atoms with van der Waals surface area (Å²) in [7, 11) is 0. The molecule has 1 aromatic heterocycles. The van der Waals surface area contributed by atoms with Crippen LogP contribution in [0.2, 0.25) is 0 Å². The zero-order chi connectivity index (χ0) is 21.5. The molecular weight excluding hydrogens is 405 g/mol. The minimum absolute atomic E-state index is 0.142. The Hall–Kier alpha value is -3.29. The van der Waals surface area contributed by atoms with Gasteiger partial charge in [-0.25, -0.2) is 17.9 Å². The zero-order valence-corrected chi connectivity index (χ0v) is 16.8. The third-order valence-electron chi connectivity index (χ3n) is 5.97. The monoisotopic (exact) mass is 426 g/mol. The molecule has 160 valence electrons. The standard InChI is InChI=1S/C23H21F3N4O/c24-16-10-9-14(13-18(16)26)30-19-7-3-5-15(19)21(28-30)23(31)27-22-17(25)6-4-8-20(22)29-11-1-2-12-29/h4,6,8-10,13H,1-3,5,7,11-12H2,(H,27,31). The first kappa shape index (κ1) is 19.7. The maximum atomic E-state index is 14.7. The lowest BCUT2D eigenvalue weighted by Gasteiger charge is -2.21. The maximum absolute atomic E-state index is 14.7. The van der Waals surface area contributed by atoms with Crippen LogP contribution >= 0.6 is 0 Å². The fraction of sp³-hybridized carbons (Fsp3) is 0.304. The number of anilines is 2. The molecule has 0 unspecified atom stereocenters. The van der Waals surface area contributed by atoms with Gasteiger partial charge in [-0.15, -0.1) is 0 Å². The van der Waals surface area contributed by atoms with Crippen LogP contribution in [-0.2, 0) is 12.8 Å². The molecule has 2 aliphatic rings. The molecule has 5 nitrogen and oxygen atoms in total. The number of fused-ring (bicyclic) bond motifs is 1. The van der Waals surface area contributed by atoms with E-state index in [0.717, 1.165) is 55.7 Å². The molecule has 1 saturated heterocycles. The van der Waals surface area contributed by atoms with E-state index in [-0.39, 0.29) is 11.4 Å². The first-order valence-corrected chi connectivity index (χ1v) is 10.4.